The first kappa shape index (κ1) is 39.0. The van der Waals surface area contributed by atoms with E-state index in [1.807, 2.05) is 64.1 Å². The normalized spacial score (nSPS) is 16.7. The standard InChI is InChI=1S/C37H52N4O7SSi/c1-11-32(48-50(37(6,7)8,28-18-14-12-15-19-28)29-20-16-13-17-21-29)27(25-46-49(10,44)45)23-40(9)34(42)33-30-24-41(35(43)47-36(3,4)5)26(2)22-31(30)38-39-33/h11-21,26-27,32H,1,22-25H2,2-10H3,(H,38,39)/t26-,27-,32+/m1/s1. The van der Waals surface area contributed by atoms with Crippen molar-refractivity contribution < 1.29 is 31.4 Å². The maximum atomic E-state index is 14.1. The Morgan fingerprint density at radius 2 is 1.62 bits per heavy atom. The molecule has 11 nitrogen and oxygen atoms in total. The molecular formula is C37H52N4O7SSi. The van der Waals surface area contributed by atoms with Gasteiger partial charge in [-0.2, -0.15) is 13.5 Å². The molecule has 0 fully saturated rings. The van der Waals surface area contributed by atoms with Crippen LogP contribution in [0.3, 0.4) is 0 Å². The lowest BCUT2D eigenvalue weighted by Crippen LogP contribution is -2.68. The fourth-order valence-corrected chi connectivity index (χ4v) is 11.7. The number of benzene rings is 2. The van der Waals surface area contributed by atoms with Gasteiger partial charge >= 0.3 is 6.09 Å². The highest BCUT2D eigenvalue weighted by atomic mass is 32.2. The topological polar surface area (TPSA) is 131 Å². The second-order valence-corrected chi connectivity index (χ2v) is 21.0. The summed E-state index contributed by atoms with van der Waals surface area (Å²) in [6.07, 6.45) is 1.97. The molecule has 0 unspecified atom stereocenters. The van der Waals surface area contributed by atoms with Crippen molar-refractivity contribution in [3.63, 3.8) is 0 Å². The summed E-state index contributed by atoms with van der Waals surface area (Å²) in [6, 6.07) is 20.0. The largest absolute Gasteiger partial charge is 0.444 e. The van der Waals surface area contributed by atoms with E-state index in [-0.39, 0.29) is 42.4 Å². The first-order valence-electron chi connectivity index (χ1n) is 16.8. The Labute approximate surface area is 298 Å². The minimum Gasteiger partial charge on any atom is -0.444 e. The molecule has 0 saturated heterocycles. The number of carbonyl (C=O) groups excluding carboxylic acids is 2. The zero-order valence-electron chi connectivity index (χ0n) is 30.7. The fourth-order valence-electron chi connectivity index (χ4n) is 6.52. The number of nitrogens with zero attached hydrogens (tertiary/aromatic N) is 3. The van der Waals surface area contributed by atoms with Gasteiger partial charge in [-0.25, -0.2) is 4.79 Å². The van der Waals surface area contributed by atoms with Gasteiger partial charge in [0.05, 0.1) is 25.5 Å². The summed E-state index contributed by atoms with van der Waals surface area (Å²) < 4.78 is 42.9. The lowest BCUT2D eigenvalue weighted by atomic mass is 9.99. The molecule has 0 bridgehead atoms. The number of hydrogen-bond donors (Lipinski definition) is 1. The number of amides is 2. The van der Waals surface area contributed by atoms with E-state index in [2.05, 4.69) is 61.8 Å². The third kappa shape index (κ3) is 8.92. The predicted molar refractivity (Wildman–Crippen MR) is 197 cm³/mol. The van der Waals surface area contributed by atoms with Crippen molar-refractivity contribution in [1.29, 1.82) is 0 Å². The average Bonchev–Trinajstić information content (AvgIpc) is 3.44. The van der Waals surface area contributed by atoms with E-state index in [9.17, 15) is 18.0 Å². The van der Waals surface area contributed by atoms with Gasteiger partial charge in [-0.3, -0.25) is 14.1 Å². The molecule has 4 rings (SSSR count). The van der Waals surface area contributed by atoms with E-state index < -0.39 is 42.2 Å². The number of aromatic amines is 1. The van der Waals surface area contributed by atoms with Crippen LogP contribution < -0.4 is 10.4 Å². The van der Waals surface area contributed by atoms with Crippen molar-refractivity contribution in [2.24, 2.45) is 5.92 Å². The van der Waals surface area contributed by atoms with Crippen molar-refractivity contribution in [1.82, 2.24) is 20.0 Å². The molecule has 0 aliphatic carbocycles. The highest BCUT2D eigenvalue weighted by Gasteiger charge is 2.52. The predicted octanol–water partition coefficient (Wildman–Crippen LogP) is 4.89. The molecular weight excluding hydrogens is 673 g/mol. The first-order valence-corrected chi connectivity index (χ1v) is 20.6. The number of nitrogens with one attached hydrogen (secondary N) is 1. The van der Waals surface area contributed by atoms with Gasteiger partial charge in [0.2, 0.25) is 0 Å². The summed E-state index contributed by atoms with van der Waals surface area (Å²) in [5, 5.41) is 9.11. The summed E-state index contributed by atoms with van der Waals surface area (Å²) in [4.78, 5) is 30.3. The molecule has 0 spiro atoms. The number of hydrogen-bond acceptors (Lipinski definition) is 8. The quantitative estimate of drug-likeness (QED) is 0.159. The molecule has 2 heterocycles. The molecule has 2 aromatic carbocycles. The van der Waals surface area contributed by atoms with Crippen LogP contribution in [0.25, 0.3) is 0 Å². The molecule has 1 aromatic heterocycles. The maximum Gasteiger partial charge on any atom is 0.410 e. The van der Waals surface area contributed by atoms with Crippen LogP contribution in [0, 0.1) is 5.92 Å². The van der Waals surface area contributed by atoms with Crippen LogP contribution in [-0.4, -0.2) is 92.9 Å². The Hall–Kier alpha value is -3.78. The summed E-state index contributed by atoms with van der Waals surface area (Å²) in [5.74, 6) is -1.02. The van der Waals surface area contributed by atoms with Gasteiger partial charge in [0.1, 0.15) is 5.60 Å². The lowest BCUT2D eigenvalue weighted by Gasteiger charge is -2.46. The van der Waals surface area contributed by atoms with Crippen LogP contribution in [0.2, 0.25) is 5.04 Å². The SMILES string of the molecule is C=C[C@H](O[Si](c1ccccc1)(c1ccccc1)C(C)(C)C)[C@@H](COS(C)(=O)=O)CN(C)C(=O)c1n[nH]c2c1CN(C(=O)OC(C)(C)C)[C@H](C)C2. The van der Waals surface area contributed by atoms with Crippen LogP contribution in [0.15, 0.2) is 73.3 Å². The van der Waals surface area contributed by atoms with Crippen LogP contribution in [0.1, 0.15) is 70.2 Å². The molecule has 13 heteroatoms. The van der Waals surface area contributed by atoms with Gasteiger partial charge in [-0.05, 0) is 43.1 Å². The van der Waals surface area contributed by atoms with E-state index in [0.717, 1.165) is 22.3 Å². The zero-order valence-corrected chi connectivity index (χ0v) is 32.5. The monoisotopic (exact) mass is 724 g/mol. The number of H-pyrrole nitrogens is 1. The second-order valence-electron chi connectivity index (χ2n) is 15.1. The van der Waals surface area contributed by atoms with Crippen LogP contribution in [0.4, 0.5) is 4.79 Å². The molecule has 1 N–H and O–H groups in total. The van der Waals surface area contributed by atoms with Crippen molar-refractivity contribution in [3.05, 3.63) is 90.3 Å². The van der Waals surface area contributed by atoms with Crippen LogP contribution in [0.5, 0.6) is 0 Å². The van der Waals surface area contributed by atoms with E-state index in [1.54, 1.807) is 18.0 Å². The van der Waals surface area contributed by atoms with Crippen molar-refractivity contribution in [2.45, 2.75) is 84.2 Å². The fraction of sp³-hybridized carbons (Fsp3) is 0.486. The highest BCUT2D eigenvalue weighted by Crippen LogP contribution is 2.38. The van der Waals surface area contributed by atoms with Crippen LogP contribution >= 0.6 is 0 Å². The Balaban J connectivity index is 1.69. The molecule has 272 valence electrons. The summed E-state index contributed by atoms with van der Waals surface area (Å²) >= 11 is 0. The smallest absolute Gasteiger partial charge is 0.410 e. The number of fused-ring (bicyclic) bond motifs is 1. The summed E-state index contributed by atoms with van der Waals surface area (Å²) in [7, 11) is -5.30. The number of ether oxygens (including phenoxy) is 1. The Bertz CT molecular complexity index is 1710. The lowest BCUT2D eigenvalue weighted by molar-refractivity contribution is 0.0135. The van der Waals surface area contributed by atoms with E-state index in [4.69, 9.17) is 13.3 Å². The van der Waals surface area contributed by atoms with Crippen molar-refractivity contribution in [2.75, 3.05) is 26.5 Å². The molecule has 50 heavy (non-hydrogen) atoms. The second kappa shape index (κ2) is 15.2. The Morgan fingerprint density at radius 3 is 2.10 bits per heavy atom. The summed E-state index contributed by atoms with van der Waals surface area (Å²) in [5.41, 5.74) is 0.922. The number of rotatable bonds is 12. The third-order valence-corrected chi connectivity index (χ3v) is 14.5. The Kier molecular flexibility index (Phi) is 11.9. The molecule has 3 atom stereocenters. The van der Waals surface area contributed by atoms with Gasteiger partial charge in [0, 0.05) is 43.2 Å². The third-order valence-electron chi connectivity index (χ3n) is 8.92. The van der Waals surface area contributed by atoms with E-state index in [1.165, 1.54) is 4.90 Å². The highest BCUT2D eigenvalue weighted by molar-refractivity contribution is 7.85. The van der Waals surface area contributed by atoms with Gasteiger partial charge in [-0.15, -0.1) is 6.58 Å². The minimum absolute atomic E-state index is 0.0665. The van der Waals surface area contributed by atoms with Crippen molar-refractivity contribution >= 4 is 40.8 Å². The molecule has 0 saturated carbocycles. The molecule has 1 aliphatic rings. The Morgan fingerprint density at radius 1 is 1.06 bits per heavy atom. The van der Waals surface area contributed by atoms with E-state index >= 15 is 0 Å². The zero-order chi connectivity index (χ0) is 37.1. The molecule has 0 radical (unpaired) electrons. The minimum atomic E-state index is -3.83. The molecule has 3 aromatic rings. The first-order chi connectivity index (χ1) is 23.3. The molecule has 1 aliphatic heterocycles. The van der Waals surface area contributed by atoms with Gasteiger partial charge in [0.15, 0.2) is 5.69 Å². The molecule has 2 amide bonds. The van der Waals surface area contributed by atoms with Crippen LogP contribution in [-0.2, 0) is 36.4 Å². The van der Waals surface area contributed by atoms with Gasteiger partial charge in [0.25, 0.3) is 24.3 Å². The summed E-state index contributed by atoms with van der Waals surface area (Å²) in [6.45, 7) is 17.9. The maximum absolute atomic E-state index is 14.1. The van der Waals surface area contributed by atoms with Gasteiger partial charge < -0.3 is 19.0 Å². The van der Waals surface area contributed by atoms with Crippen molar-refractivity contribution in [3.8, 4) is 0 Å². The van der Waals surface area contributed by atoms with E-state index in [0.29, 0.717) is 12.0 Å². The average molecular weight is 725 g/mol. The number of aromatic nitrogens is 2. The number of carbonyl (C=O) groups is 2. The van der Waals surface area contributed by atoms with Gasteiger partial charge in [-0.1, -0.05) is 87.5 Å².